The summed E-state index contributed by atoms with van der Waals surface area (Å²) in [5.41, 5.74) is 3.84. The molecule has 3 unspecified atom stereocenters. The Morgan fingerprint density at radius 2 is 1.63 bits per heavy atom. The second-order valence-electron chi connectivity index (χ2n) is 10.2. The second-order valence-corrected chi connectivity index (χ2v) is 10.9. The molecule has 3 aromatic carbocycles. The molecule has 1 aromatic heterocycles. The molecule has 3 atom stereocenters. The van der Waals surface area contributed by atoms with Gasteiger partial charge in [0.05, 0.1) is 42.8 Å². The lowest BCUT2D eigenvalue weighted by atomic mass is 10.00. The van der Waals surface area contributed by atoms with Gasteiger partial charge in [0, 0.05) is 24.1 Å². The number of esters is 2. The summed E-state index contributed by atoms with van der Waals surface area (Å²) in [7, 11) is 0. The maximum Gasteiger partial charge on any atom is 0.346 e. The first-order valence-electron chi connectivity index (χ1n) is 13.4. The SMILES string of the molecule is O=C(NCc1ccc(C2OC(Cn3cnc(Cl)c3Cl)CC(c3ccc(CO)cc3)O2)cc1)c1ccc2c(c1)C(=O)OC2=O. The Morgan fingerprint density at radius 3 is 2.33 bits per heavy atom. The standard InChI is InChI=1S/C31H25Cl2N3O7/c32-26-27(33)36(16-35-26)14-22-12-25(19-5-3-18(15-37)4-6-19)42-31(41-22)20-7-1-17(2-8-20)13-34-28(38)21-9-10-23-24(11-21)30(40)43-29(23)39/h1-11,16,22,25,31,37H,12-15H2,(H,34,38). The van der Waals surface area contributed by atoms with Crippen molar-refractivity contribution in [1.82, 2.24) is 14.9 Å². The molecule has 1 fully saturated rings. The van der Waals surface area contributed by atoms with E-state index in [9.17, 15) is 19.5 Å². The fourth-order valence-electron chi connectivity index (χ4n) is 5.03. The molecular weight excluding hydrogens is 597 g/mol. The van der Waals surface area contributed by atoms with Gasteiger partial charge >= 0.3 is 11.9 Å². The van der Waals surface area contributed by atoms with Gasteiger partial charge in [0.25, 0.3) is 5.91 Å². The molecule has 3 heterocycles. The van der Waals surface area contributed by atoms with E-state index in [4.69, 9.17) is 32.7 Å². The van der Waals surface area contributed by atoms with E-state index in [1.54, 1.807) is 10.9 Å². The molecule has 2 aliphatic heterocycles. The molecular formula is C31H25Cl2N3O7. The lowest BCUT2D eigenvalue weighted by Crippen LogP contribution is -2.32. The average Bonchev–Trinajstić information content (AvgIpc) is 3.51. The van der Waals surface area contributed by atoms with Gasteiger partial charge in [-0.2, -0.15) is 0 Å². The molecule has 0 bridgehead atoms. The number of imidazole rings is 1. The van der Waals surface area contributed by atoms with Gasteiger partial charge in [-0.25, -0.2) is 14.6 Å². The van der Waals surface area contributed by atoms with E-state index in [-0.39, 0.29) is 47.2 Å². The fourth-order valence-corrected chi connectivity index (χ4v) is 5.34. The second kappa shape index (κ2) is 12.3. The highest BCUT2D eigenvalue weighted by molar-refractivity contribution is 6.40. The van der Waals surface area contributed by atoms with E-state index in [2.05, 4.69) is 15.0 Å². The number of hydrogen-bond donors (Lipinski definition) is 2. The number of fused-ring (bicyclic) bond motifs is 1. The van der Waals surface area contributed by atoms with Crippen molar-refractivity contribution >= 4 is 41.0 Å². The molecule has 10 nitrogen and oxygen atoms in total. The van der Waals surface area contributed by atoms with E-state index >= 15 is 0 Å². The predicted molar refractivity (Wildman–Crippen MR) is 154 cm³/mol. The summed E-state index contributed by atoms with van der Waals surface area (Å²) in [6, 6.07) is 19.3. The van der Waals surface area contributed by atoms with Crippen molar-refractivity contribution in [2.75, 3.05) is 0 Å². The van der Waals surface area contributed by atoms with Crippen LogP contribution in [0.2, 0.25) is 10.3 Å². The van der Waals surface area contributed by atoms with E-state index < -0.39 is 24.1 Å². The van der Waals surface area contributed by atoms with Gasteiger partial charge in [-0.05, 0) is 34.9 Å². The van der Waals surface area contributed by atoms with Crippen molar-refractivity contribution < 1.29 is 33.7 Å². The highest BCUT2D eigenvalue weighted by Crippen LogP contribution is 2.39. The zero-order valence-corrected chi connectivity index (χ0v) is 24.0. The largest absolute Gasteiger partial charge is 0.392 e. The van der Waals surface area contributed by atoms with Gasteiger partial charge in [-0.1, -0.05) is 71.7 Å². The summed E-state index contributed by atoms with van der Waals surface area (Å²) < 4.78 is 19.0. The Morgan fingerprint density at radius 1 is 0.930 bits per heavy atom. The molecule has 43 heavy (non-hydrogen) atoms. The number of halogens is 2. The third kappa shape index (κ3) is 6.20. The topological polar surface area (TPSA) is 129 Å². The van der Waals surface area contributed by atoms with Crippen molar-refractivity contribution in [3.8, 4) is 0 Å². The first kappa shape index (κ1) is 29.0. The third-order valence-corrected chi connectivity index (χ3v) is 8.13. The molecule has 0 aliphatic carbocycles. The van der Waals surface area contributed by atoms with Crippen LogP contribution >= 0.6 is 23.2 Å². The van der Waals surface area contributed by atoms with Gasteiger partial charge < -0.3 is 29.2 Å². The molecule has 2 aliphatic rings. The van der Waals surface area contributed by atoms with Crippen LogP contribution in [0.1, 0.15) is 72.1 Å². The minimum Gasteiger partial charge on any atom is -0.392 e. The maximum atomic E-state index is 12.7. The molecule has 1 amide bonds. The van der Waals surface area contributed by atoms with Crippen molar-refractivity contribution in [1.29, 1.82) is 0 Å². The van der Waals surface area contributed by atoms with Crippen molar-refractivity contribution in [3.05, 3.63) is 122 Å². The van der Waals surface area contributed by atoms with Crippen LogP contribution < -0.4 is 5.32 Å². The summed E-state index contributed by atoms with van der Waals surface area (Å²) in [6.45, 7) is 0.604. The summed E-state index contributed by atoms with van der Waals surface area (Å²) >= 11 is 12.4. The van der Waals surface area contributed by atoms with Crippen molar-refractivity contribution in [2.45, 2.75) is 44.6 Å². The molecule has 2 N–H and O–H groups in total. The fraction of sp³-hybridized carbons (Fsp3) is 0.226. The van der Waals surface area contributed by atoms with Crippen LogP contribution in [0.15, 0.2) is 73.1 Å². The molecule has 12 heteroatoms. The smallest absolute Gasteiger partial charge is 0.346 e. The zero-order chi connectivity index (χ0) is 30.1. The summed E-state index contributed by atoms with van der Waals surface area (Å²) in [6.07, 6.45) is 0.882. The molecule has 220 valence electrons. The highest BCUT2D eigenvalue weighted by Gasteiger charge is 2.33. The number of ether oxygens (including phenoxy) is 3. The number of nitrogens with zero attached hydrogens (tertiary/aromatic N) is 2. The van der Waals surface area contributed by atoms with Gasteiger partial charge in [0.2, 0.25) is 0 Å². The number of carbonyl (C=O) groups excluding carboxylic acids is 3. The number of carbonyl (C=O) groups is 3. The molecule has 0 saturated carbocycles. The Kier molecular flexibility index (Phi) is 8.29. The number of aromatic nitrogens is 2. The minimum atomic E-state index is -0.763. The van der Waals surface area contributed by atoms with Crippen LogP contribution in [0.5, 0.6) is 0 Å². The Hall–Kier alpha value is -4.06. The lowest BCUT2D eigenvalue weighted by molar-refractivity contribution is -0.252. The molecule has 6 rings (SSSR count). The number of cyclic esters (lactones) is 2. The van der Waals surface area contributed by atoms with Crippen LogP contribution in [0.25, 0.3) is 0 Å². The van der Waals surface area contributed by atoms with E-state index in [1.165, 1.54) is 18.2 Å². The lowest BCUT2D eigenvalue weighted by Gasteiger charge is -2.36. The quantitative estimate of drug-likeness (QED) is 0.204. The van der Waals surface area contributed by atoms with Crippen LogP contribution in [-0.2, 0) is 33.9 Å². The number of aliphatic hydroxyl groups excluding tert-OH is 1. The van der Waals surface area contributed by atoms with Crippen LogP contribution in [-0.4, -0.2) is 38.6 Å². The van der Waals surface area contributed by atoms with E-state index in [0.717, 1.165) is 22.3 Å². The van der Waals surface area contributed by atoms with Crippen molar-refractivity contribution in [2.24, 2.45) is 0 Å². The first-order valence-corrected chi connectivity index (χ1v) is 14.2. The Labute approximate surface area is 256 Å². The molecule has 0 radical (unpaired) electrons. The average molecular weight is 622 g/mol. The summed E-state index contributed by atoms with van der Waals surface area (Å²) in [4.78, 5) is 40.3. The van der Waals surface area contributed by atoms with Crippen LogP contribution in [0, 0.1) is 0 Å². The summed E-state index contributed by atoms with van der Waals surface area (Å²) in [5, 5.41) is 12.8. The third-order valence-electron chi connectivity index (χ3n) is 7.36. The number of benzene rings is 3. The van der Waals surface area contributed by atoms with Gasteiger partial charge in [-0.3, -0.25) is 4.79 Å². The van der Waals surface area contributed by atoms with E-state index in [0.29, 0.717) is 18.1 Å². The van der Waals surface area contributed by atoms with Gasteiger partial charge in [0.15, 0.2) is 11.4 Å². The van der Waals surface area contributed by atoms with Gasteiger partial charge in [0.1, 0.15) is 5.15 Å². The normalized spacial score (nSPS) is 19.7. The first-order chi connectivity index (χ1) is 20.8. The number of hydrogen-bond acceptors (Lipinski definition) is 8. The van der Waals surface area contributed by atoms with E-state index in [1.807, 2.05) is 48.5 Å². The van der Waals surface area contributed by atoms with Crippen LogP contribution in [0.4, 0.5) is 0 Å². The number of rotatable bonds is 8. The van der Waals surface area contributed by atoms with Crippen LogP contribution in [0.3, 0.4) is 0 Å². The maximum absolute atomic E-state index is 12.7. The molecule has 1 saturated heterocycles. The minimum absolute atomic E-state index is 0.0458. The Bertz CT molecular complexity index is 1690. The molecule has 4 aromatic rings. The zero-order valence-electron chi connectivity index (χ0n) is 22.5. The van der Waals surface area contributed by atoms with Crippen molar-refractivity contribution in [3.63, 3.8) is 0 Å². The predicted octanol–water partition coefficient (Wildman–Crippen LogP) is 5.17. The Balaban J connectivity index is 1.15. The number of aliphatic hydroxyl groups is 1. The monoisotopic (exact) mass is 621 g/mol. The highest BCUT2D eigenvalue weighted by atomic mass is 35.5. The summed E-state index contributed by atoms with van der Waals surface area (Å²) in [5.74, 6) is -1.87. The van der Waals surface area contributed by atoms with Gasteiger partial charge in [-0.15, -0.1) is 0 Å². The molecule has 0 spiro atoms. The number of nitrogens with one attached hydrogen (secondary N) is 1. The number of amides is 1.